The number of aromatic nitrogens is 1. The van der Waals surface area contributed by atoms with Crippen molar-refractivity contribution in [1.82, 2.24) is 10.3 Å². The van der Waals surface area contributed by atoms with E-state index >= 15 is 0 Å². The molecule has 21 heavy (non-hydrogen) atoms. The molecule has 1 heterocycles. The van der Waals surface area contributed by atoms with Gasteiger partial charge < -0.3 is 5.32 Å². The van der Waals surface area contributed by atoms with Gasteiger partial charge >= 0.3 is 0 Å². The molecular weight excluding hydrogens is 266 g/mol. The zero-order valence-electron chi connectivity index (χ0n) is 13.0. The molecule has 0 atom stereocenters. The van der Waals surface area contributed by atoms with Gasteiger partial charge in [0.2, 0.25) is 0 Å². The third-order valence-electron chi connectivity index (χ3n) is 4.42. The Hall–Kier alpha value is -1.49. The lowest BCUT2D eigenvalue weighted by Crippen LogP contribution is -2.30. The topological polar surface area (TPSA) is 68.1 Å². The van der Waals surface area contributed by atoms with E-state index in [1.165, 1.54) is 44.9 Å². The van der Waals surface area contributed by atoms with Crippen LogP contribution in [0.15, 0.2) is 6.20 Å². The van der Waals surface area contributed by atoms with Crippen molar-refractivity contribution >= 4 is 5.69 Å². The lowest BCUT2D eigenvalue weighted by molar-refractivity contribution is -0.386. The van der Waals surface area contributed by atoms with Gasteiger partial charge in [-0.3, -0.25) is 15.1 Å². The normalized spacial score (nSPS) is 17.2. The number of aryl methyl sites for hydroxylation is 1. The second-order valence-corrected chi connectivity index (χ2v) is 6.04. The number of pyridine rings is 1. The maximum absolute atomic E-state index is 11.1. The first-order valence-corrected chi connectivity index (χ1v) is 7.92. The van der Waals surface area contributed by atoms with Crippen molar-refractivity contribution in [3.63, 3.8) is 0 Å². The monoisotopic (exact) mass is 291 g/mol. The van der Waals surface area contributed by atoms with Crippen molar-refractivity contribution in [2.24, 2.45) is 0 Å². The van der Waals surface area contributed by atoms with Gasteiger partial charge in [-0.05, 0) is 26.7 Å². The molecule has 0 amide bonds. The van der Waals surface area contributed by atoms with E-state index in [1.54, 1.807) is 20.0 Å². The third kappa shape index (κ3) is 4.24. The zero-order valence-corrected chi connectivity index (χ0v) is 13.0. The van der Waals surface area contributed by atoms with E-state index in [0.717, 1.165) is 5.69 Å². The van der Waals surface area contributed by atoms with Crippen LogP contribution in [0.4, 0.5) is 5.69 Å². The smallest absolute Gasteiger partial charge is 0.278 e. The van der Waals surface area contributed by atoms with Gasteiger partial charge in [-0.1, -0.05) is 32.1 Å². The predicted molar refractivity (Wildman–Crippen MR) is 83.3 cm³/mol. The van der Waals surface area contributed by atoms with Crippen molar-refractivity contribution in [3.8, 4) is 0 Å². The summed E-state index contributed by atoms with van der Waals surface area (Å²) in [6.45, 7) is 4.16. The quantitative estimate of drug-likeness (QED) is 0.676. The third-order valence-corrected chi connectivity index (χ3v) is 4.42. The number of hydrogen-bond acceptors (Lipinski definition) is 4. The van der Waals surface area contributed by atoms with Crippen molar-refractivity contribution in [2.75, 3.05) is 0 Å². The summed E-state index contributed by atoms with van der Waals surface area (Å²) >= 11 is 0. The molecule has 5 heteroatoms. The van der Waals surface area contributed by atoms with Crippen LogP contribution in [-0.4, -0.2) is 15.9 Å². The Morgan fingerprint density at radius 2 is 1.86 bits per heavy atom. The van der Waals surface area contributed by atoms with Gasteiger partial charge in [0.1, 0.15) is 0 Å². The molecule has 0 unspecified atom stereocenters. The molecule has 1 aromatic heterocycles. The van der Waals surface area contributed by atoms with Crippen LogP contribution >= 0.6 is 0 Å². The first kappa shape index (κ1) is 15.9. The van der Waals surface area contributed by atoms with E-state index in [1.807, 2.05) is 0 Å². The van der Waals surface area contributed by atoms with Crippen LogP contribution in [0, 0.1) is 24.0 Å². The van der Waals surface area contributed by atoms with Crippen LogP contribution in [0.5, 0.6) is 0 Å². The molecule has 0 aromatic carbocycles. The van der Waals surface area contributed by atoms with E-state index in [0.29, 0.717) is 23.7 Å². The van der Waals surface area contributed by atoms with E-state index < -0.39 is 0 Å². The summed E-state index contributed by atoms with van der Waals surface area (Å²) in [7, 11) is 0. The Kier molecular flexibility index (Phi) is 5.67. The Morgan fingerprint density at radius 3 is 2.48 bits per heavy atom. The van der Waals surface area contributed by atoms with Crippen molar-refractivity contribution in [2.45, 2.75) is 71.4 Å². The number of nitrogens with zero attached hydrogens (tertiary/aromatic N) is 2. The second kappa shape index (κ2) is 7.50. The van der Waals surface area contributed by atoms with Gasteiger partial charge in [0, 0.05) is 29.9 Å². The number of nitrogens with one attached hydrogen (secondary N) is 1. The molecular formula is C16H25N3O2. The molecule has 0 saturated heterocycles. The molecule has 0 radical (unpaired) electrons. The molecule has 1 aliphatic rings. The minimum atomic E-state index is -0.300. The van der Waals surface area contributed by atoms with E-state index in [4.69, 9.17) is 0 Å². The number of hydrogen-bond donors (Lipinski definition) is 1. The summed E-state index contributed by atoms with van der Waals surface area (Å²) in [6, 6.07) is 0.520. The highest BCUT2D eigenvalue weighted by Crippen LogP contribution is 2.24. The highest BCUT2D eigenvalue weighted by Gasteiger charge is 2.19. The average Bonchev–Trinajstić information content (AvgIpc) is 2.39. The SMILES string of the molecule is Cc1cnc(CNC2CCCCCCC2)c(C)c1[N+](=O)[O-]. The summed E-state index contributed by atoms with van der Waals surface area (Å²) in [5.74, 6) is 0. The van der Waals surface area contributed by atoms with Crippen LogP contribution in [0.3, 0.4) is 0 Å². The van der Waals surface area contributed by atoms with Gasteiger partial charge in [0.15, 0.2) is 0 Å². The highest BCUT2D eigenvalue weighted by atomic mass is 16.6. The van der Waals surface area contributed by atoms with Crippen molar-refractivity contribution in [1.29, 1.82) is 0 Å². The summed E-state index contributed by atoms with van der Waals surface area (Å²) in [6.07, 6.45) is 10.6. The summed E-state index contributed by atoms with van der Waals surface area (Å²) in [4.78, 5) is 15.2. The minimum absolute atomic E-state index is 0.208. The van der Waals surface area contributed by atoms with E-state index in [2.05, 4.69) is 10.3 Å². The lowest BCUT2D eigenvalue weighted by Gasteiger charge is -2.21. The van der Waals surface area contributed by atoms with Gasteiger partial charge in [-0.25, -0.2) is 0 Å². The molecule has 2 rings (SSSR count). The minimum Gasteiger partial charge on any atom is -0.308 e. The Morgan fingerprint density at radius 1 is 1.24 bits per heavy atom. The maximum Gasteiger partial charge on any atom is 0.278 e. The van der Waals surface area contributed by atoms with Crippen molar-refractivity contribution in [3.05, 3.63) is 33.1 Å². The summed E-state index contributed by atoms with van der Waals surface area (Å²) in [5, 5.41) is 14.7. The Bertz CT molecular complexity index is 495. The first-order valence-electron chi connectivity index (χ1n) is 7.92. The standard InChI is InChI=1S/C16H25N3O2/c1-12-10-18-15(13(2)16(12)19(20)21)11-17-14-8-6-4-3-5-7-9-14/h10,14,17H,3-9,11H2,1-2H3. The molecule has 1 aromatic rings. The summed E-state index contributed by atoms with van der Waals surface area (Å²) < 4.78 is 0. The van der Waals surface area contributed by atoms with Gasteiger partial charge in [-0.2, -0.15) is 0 Å². The lowest BCUT2D eigenvalue weighted by atomic mass is 9.96. The van der Waals surface area contributed by atoms with E-state index in [9.17, 15) is 10.1 Å². The summed E-state index contributed by atoms with van der Waals surface area (Å²) in [5.41, 5.74) is 2.33. The fraction of sp³-hybridized carbons (Fsp3) is 0.688. The van der Waals surface area contributed by atoms with Gasteiger partial charge in [-0.15, -0.1) is 0 Å². The molecule has 1 saturated carbocycles. The second-order valence-electron chi connectivity index (χ2n) is 6.04. The average molecular weight is 291 g/mol. The fourth-order valence-electron chi connectivity index (χ4n) is 3.13. The molecule has 0 spiro atoms. The molecule has 116 valence electrons. The zero-order chi connectivity index (χ0) is 15.2. The van der Waals surface area contributed by atoms with Gasteiger partial charge in [0.25, 0.3) is 5.69 Å². The fourth-order valence-corrected chi connectivity index (χ4v) is 3.13. The molecule has 1 fully saturated rings. The molecule has 1 aliphatic carbocycles. The van der Waals surface area contributed by atoms with Crippen LogP contribution in [0.1, 0.15) is 61.8 Å². The van der Waals surface area contributed by atoms with Crippen LogP contribution in [0.2, 0.25) is 0 Å². The van der Waals surface area contributed by atoms with Crippen LogP contribution in [0.25, 0.3) is 0 Å². The Labute approximate surface area is 126 Å². The largest absolute Gasteiger partial charge is 0.308 e. The first-order chi connectivity index (χ1) is 10.1. The predicted octanol–water partition coefficient (Wildman–Crippen LogP) is 3.81. The van der Waals surface area contributed by atoms with Crippen molar-refractivity contribution < 1.29 is 4.92 Å². The Balaban J connectivity index is 2.02. The van der Waals surface area contributed by atoms with Crippen LogP contribution in [-0.2, 0) is 6.54 Å². The molecule has 0 bridgehead atoms. The maximum atomic E-state index is 11.1. The molecule has 0 aliphatic heterocycles. The number of rotatable bonds is 4. The number of nitro groups is 1. The molecule has 1 N–H and O–H groups in total. The van der Waals surface area contributed by atoms with Crippen LogP contribution < -0.4 is 5.32 Å². The molecule has 5 nitrogen and oxygen atoms in total. The highest BCUT2D eigenvalue weighted by molar-refractivity contribution is 5.47. The van der Waals surface area contributed by atoms with Gasteiger partial charge in [0.05, 0.1) is 10.6 Å². The van der Waals surface area contributed by atoms with E-state index in [-0.39, 0.29) is 10.6 Å².